The Bertz CT molecular complexity index is 554. The SMILES string of the molecule is O=C(O)c1c(Br)c(C(=O)O)c(C(=O)O)c(Br)c1C(=O)O. The van der Waals surface area contributed by atoms with Crippen molar-refractivity contribution in [1.29, 1.82) is 0 Å². The third kappa shape index (κ3) is 2.51. The molecule has 0 aliphatic heterocycles. The number of benzene rings is 1. The van der Waals surface area contributed by atoms with Crippen LogP contribution in [0.5, 0.6) is 0 Å². The van der Waals surface area contributed by atoms with Crippen molar-refractivity contribution in [3.63, 3.8) is 0 Å². The minimum absolute atomic E-state index is 0.629. The van der Waals surface area contributed by atoms with Crippen molar-refractivity contribution >= 4 is 55.7 Å². The normalized spacial score (nSPS) is 10.1. The fourth-order valence-electron chi connectivity index (χ4n) is 1.49. The van der Waals surface area contributed by atoms with E-state index in [1.54, 1.807) is 0 Å². The maximum atomic E-state index is 11.1. The van der Waals surface area contributed by atoms with E-state index in [1.165, 1.54) is 0 Å². The van der Waals surface area contributed by atoms with Crippen molar-refractivity contribution < 1.29 is 39.6 Å². The van der Waals surface area contributed by atoms with Crippen LogP contribution in [-0.4, -0.2) is 44.3 Å². The molecule has 0 amide bonds. The molecule has 20 heavy (non-hydrogen) atoms. The topological polar surface area (TPSA) is 149 Å². The smallest absolute Gasteiger partial charge is 0.337 e. The molecule has 0 radical (unpaired) electrons. The average Bonchev–Trinajstić information content (AvgIpc) is 2.28. The summed E-state index contributed by atoms with van der Waals surface area (Å²) in [5, 5.41) is 36.0. The number of halogens is 2. The molecule has 0 atom stereocenters. The quantitative estimate of drug-likeness (QED) is 0.587. The largest absolute Gasteiger partial charge is 0.478 e. The van der Waals surface area contributed by atoms with Crippen molar-refractivity contribution in [1.82, 2.24) is 0 Å². The molecule has 0 aliphatic carbocycles. The molecule has 0 spiro atoms. The highest BCUT2D eigenvalue weighted by Gasteiger charge is 2.33. The Morgan fingerprint density at radius 1 is 0.550 bits per heavy atom. The maximum absolute atomic E-state index is 11.1. The second kappa shape index (κ2) is 5.59. The van der Waals surface area contributed by atoms with Gasteiger partial charge in [-0.05, 0) is 31.9 Å². The van der Waals surface area contributed by atoms with E-state index in [4.69, 9.17) is 20.4 Å². The van der Waals surface area contributed by atoms with Gasteiger partial charge in [0.15, 0.2) is 0 Å². The Morgan fingerprint density at radius 2 is 0.700 bits per heavy atom. The summed E-state index contributed by atoms with van der Waals surface area (Å²) in [7, 11) is 0. The van der Waals surface area contributed by atoms with Gasteiger partial charge in [-0.3, -0.25) is 0 Å². The molecule has 106 valence electrons. The fraction of sp³-hybridized carbons (Fsp3) is 0. The monoisotopic (exact) mass is 410 g/mol. The van der Waals surface area contributed by atoms with Gasteiger partial charge < -0.3 is 20.4 Å². The minimum atomic E-state index is -1.71. The fourth-order valence-corrected chi connectivity index (χ4v) is 2.96. The molecule has 0 aliphatic rings. The number of carboxylic acids is 4. The lowest BCUT2D eigenvalue weighted by Crippen LogP contribution is -2.19. The van der Waals surface area contributed by atoms with Crippen LogP contribution in [0.1, 0.15) is 41.4 Å². The third-order valence-corrected chi connectivity index (χ3v) is 3.82. The van der Waals surface area contributed by atoms with Gasteiger partial charge in [-0.1, -0.05) is 0 Å². The van der Waals surface area contributed by atoms with Gasteiger partial charge in [0.25, 0.3) is 0 Å². The predicted molar refractivity (Wildman–Crippen MR) is 69.7 cm³/mol. The molecular weight excluding hydrogens is 408 g/mol. The Hall–Kier alpha value is -1.94. The lowest BCUT2D eigenvalue weighted by Gasteiger charge is -2.13. The molecule has 0 bridgehead atoms. The van der Waals surface area contributed by atoms with E-state index in [0.717, 1.165) is 0 Å². The Balaban J connectivity index is 4.10. The van der Waals surface area contributed by atoms with Crippen LogP contribution in [0.25, 0.3) is 0 Å². The molecule has 8 nitrogen and oxygen atoms in total. The van der Waals surface area contributed by atoms with Gasteiger partial charge in [0.2, 0.25) is 0 Å². The second-order valence-corrected chi connectivity index (χ2v) is 4.93. The second-order valence-electron chi connectivity index (χ2n) is 3.35. The van der Waals surface area contributed by atoms with E-state index in [0.29, 0.717) is 0 Å². The highest BCUT2D eigenvalue weighted by Crippen LogP contribution is 2.36. The van der Waals surface area contributed by atoms with Crippen LogP contribution >= 0.6 is 31.9 Å². The zero-order valence-corrected chi connectivity index (χ0v) is 12.3. The van der Waals surface area contributed by atoms with Gasteiger partial charge in [0, 0.05) is 8.95 Å². The Labute approximate surface area is 126 Å². The average molecular weight is 412 g/mol. The van der Waals surface area contributed by atoms with Crippen LogP contribution in [-0.2, 0) is 0 Å². The van der Waals surface area contributed by atoms with Crippen LogP contribution in [0.2, 0.25) is 0 Å². The highest BCUT2D eigenvalue weighted by atomic mass is 79.9. The molecule has 1 aromatic carbocycles. The molecule has 0 fully saturated rings. The zero-order chi connectivity index (χ0) is 15.8. The van der Waals surface area contributed by atoms with E-state index in [1.807, 2.05) is 0 Å². The first-order chi connectivity index (χ1) is 9.11. The van der Waals surface area contributed by atoms with E-state index in [-0.39, 0.29) is 0 Å². The van der Waals surface area contributed by atoms with Crippen LogP contribution in [0.3, 0.4) is 0 Å². The minimum Gasteiger partial charge on any atom is -0.478 e. The summed E-state index contributed by atoms with van der Waals surface area (Å²) in [6, 6.07) is 0. The first-order valence-electron chi connectivity index (χ1n) is 4.59. The number of carboxylic acid groups (broad SMARTS) is 4. The van der Waals surface area contributed by atoms with Crippen molar-refractivity contribution in [2.24, 2.45) is 0 Å². The van der Waals surface area contributed by atoms with Crippen molar-refractivity contribution in [2.75, 3.05) is 0 Å². The number of aromatic carboxylic acids is 4. The van der Waals surface area contributed by atoms with Gasteiger partial charge >= 0.3 is 23.9 Å². The predicted octanol–water partition coefficient (Wildman–Crippen LogP) is 2.00. The summed E-state index contributed by atoms with van der Waals surface area (Å²) in [6.45, 7) is 0. The summed E-state index contributed by atoms with van der Waals surface area (Å²) in [5.74, 6) is -6.85. The van der Waals surface area contributed by atoms with Gasteiger partial charge in [-0.15, -0.1) is 0 Å². The van der Waals surface area contributed by atoms with Crippen LogP contribution < -0.4 is 0 Å². The summed E-state index contributed by atoms with van der Waals surface area (Å²) in [4.78, 5) is 44.4. The first-order valence-corrected chi connectivity index (χ1v) is 6.17. The number of rotatable bonds is 4. The van der Waals surface area contributed by atoms with Gasteiger partial charge in [-0.2, -0.15) is 0 Å². The number of hydrogen-bond donors (Lipinski definition) is 4. The van der Waals surface area contributed by atoms with Crippen LogP contribution in [0.15, 0.2) is 8.95 Å². The molecule has 1 rings (SSSR count). The Kier molecular flexibility index (Phi) is 4.50. The molecule has 0 saturated carbocycles. The van der Waals surface area contributed by atoms with Crippen LogP contribution in [0.4, 0.5) is 0 Å². The van der Waals surface area contributed by atoms with Crippen molar-refractivity contribution in [3.05, 3.63) is 31.2 Å². The molecule has 0 heterocycles. The van der Waals surface area contributed by atoms with Crippen LogP contribution in [0, 0.1) is 0 Å². The van der Waals surface area contributed by atoms with E-state index >= 15 is 0 Å². The number of hydrogen-bond acceptors (Lipinski definition) is 4. The molecule has 0 saturated heterocycles. The maximum Gasteiger partial charge on any atom is 0.337 e. The highest BCUT2D eigenvalue weighted by molar-refractivity contribution is 9.11. The van der Waals surface area contributed by atoms with E-state index in [2.05, 4.69) is 31.9 Å². The molecule has 1 aromatic rings. The van der Waals surface area contributed by atoms with Gasteiger partial charge in [0.1, 0.15) is 0 Å². The molecule has 0 unspecified atom stereocenters. The zero-order valence-electron chi connectivity index (χ0n) is 9.18. The number of carbonyl (C=O) groups is 4. The molecule has 10 heteroatoms. The molecular formula is C10H4Br2O8. The van der Waals surface area contributed by atoms with E-state index < -0.39 is 55.1 Å². The summed E-state index contributed by atoms with van der Waals surface area (Å²) < 4.78 is -1.26. The Morgan fingerprint density at radius 3 is 0.800 bits per heavy atom. The van der Waals surface area contributed by atoms with Crippen molar-refractivity contribution in [3.8, 4) is 0 Å². The van der Waals surface area contributed by atoms with Crippen molar-refractivity contribution in [2.45, 2.75) is 0 Å². The summed E-state index contributed by atoms with van der Waals surface area (Å²) >= 11 is 5.29. The van der Waals surface area contributed by atoms with E-state index in [9.17, 15) is 19.2 Å². The summed E-state index contributed by atoms with van der Waals surface area (Å²) in [6.07, 6.45) is 0. The lowest BCUT2D eigenvalue weighted by atomic mass is 9.98. The first kappa shape index (κ1) is 16.1. The standard InChI is InChI=1S/C10H4Br2O8/c11-5-1(7(13)14)2(8(15)16)6(12)4(10(19)20)3(5)9(17)18/h(H,13,14)(H,15,16)(H,17,18)(H,19,20). The van der Waals surface area contributed by atoms with Gasteiger partial charge in [-0.25, -0.2) is 19.2 Å². The third-order valence-electron chi connectivity index (χ3n) is 2.23. The summed E-state index contributed by atoms with van der Waals surface area (Å²) in [5.41, 5.74) is -3.42. The van der Waals surface area contributed by atoms with Gasteiger partial charge in [0.05, 0.1) is 22.3 Å². The lowest BCUT2D eigenvalue weighted by molar-refractivity contribution is 0.0633. The molecule has 0 aromatic heterocycles. The molecule has 4 N–H and O–H groups in total.